The minimum Gasteiger partial charge on any atom is -0.459 e. The number of rotatable bonds is 13. The summed E-state index contributed by atoms with van der Waals surface area (Å²) in [4.78, 5) is 24.6. The van der Waals surface area contributed by atoms with Gasteiger partial charge in [0.1, 0.15) is 38.1 Å². The summed E-state index contributed by atoms with van der Waals surface area (Å²) in [7, 11) is -1.95. The predicted octanol–water partition coefficient (Wildman–Crippen LogP) is 4.42. The van der Waals surface area contributed by atoms with Crippen molar-refractivity contribution >= 4 is 20.3 Å². The largest absolute Gasteiger partial charge is 0.459 e. The zero-order chi connectivity index (χ0) is 28.3. The van der Waals surface area contributed by atoms with Crippen LogP contribution in [0, 0.1) is 0 Å². The molecule has 4 atom stereocenters. The lowest BCUT2D eigenvalue weighted by atomic mass is 10.1. The third kappa shape index (κ3) is 10.6. The van der Waals surface area contributed by atoms with Gasteiger partial charge < -0.3 is 32.8 Å². The van der Waals surface area contributed by atoms with Crippen molar-refractivity contribution in [2.24, 2.45) is 0 Å². The molecule has 2 fully saturated rings. The summed E-state index contributed by atoms with van der Waals surface area (Å²) in [6.07, 6.45) is 2.15. The number of ether oxygens (including phenoxy) is 6. The number of carbonyl (C=O) groups excluding carboxylic acids is 2. The van der Waals surface area contributed by atoms with Crippen LogP contribution < -0.4 is 0 Å². The first-order valence-electron chi connectivity index (χ1n) is 14.0. The molecule has 9 nitrogen and oxygen atoms in total. The lowest BCUT2D eigenvalue weighted by Crippen LogP contribution is -2.50. The predicted molar refractivity (Wildman–Crippen MR) is 148 cm³/mol. The summed E-state index contributed by atoms with van der Waals surface area (Å²) in [6, 6.07) is 9.45. The summed E-state index contributed by atoms with van der Waals surface area (Å²) in [5.41, 5.74) is 0.907. The van der Waals surface area contributed by atoms with Crippen molar-refractivity contribution in [3.8, 4) is 0 Å². The maximum atomic E-state index is 12.6. The van der Waals surface area contributed by atoms with Crippen molar-refractivity contribution in [2.75, 3.05) is 39.6 Å². The van der Waals surface area contributed by atoms with Crippen LogP contribution in [-0.4, -0.2) is 84.3 Å². The maximum Gasteiger partial charge on any atom is 0.332 e. The van der Waals surface area contributed by atoms with Gasteiger partial charge in [-0.1, -0.05) is 51.1 Å². The van der Waals surface area contributed by atoms with Crippen LogP contribution in [0.3, 0.4) is 0 Å². The molecule has 0 N–H and O–H groups in total. The van der Waals surface area contributed by atoms with Crippen molar-refractivity contribution < 1.29 is 42.4 Å². The molecule has 0 aromatic heterocycles. The molecule has 2 heterocycles. The molecule has 2 saturated heterocycles. The highest BCUT2D eigenvalue weighted by Crippen LogP contribution is 2.38. The molecule has 220 valence electrons. The van der Waals surface area contributed by atoms with Crippen LogP contribution in [0.5, 0.6) is 0 Å². The number of benzene rings is 1. The molecular weight excluding hydrogens is 520 g/mol. The van der Waals surface area contributed by atoms with Crippen LogP contribution in [0.2, 0.25) is 18.1 Å². The number of hydrogen-bond donors (Lipinski definition) is 0. The fourth-order valence-corrected chi connectivity index (χ4v) is 5.64. The number of hydrogen-bond acceptors (Lipinski definition) is 9. The Morgan fingerprint density at radius 3 is 2.05 bits per heavy atom. The van der Waals surface area contributed by atoms with Crippen molar-refractivity contribution in [3.05, 3.63) is 35.9 Å². The van der Waals surface area contributed by atoms with Crippen LogP contribution in [0.15, 0.2) is 30.3 Å². The van der Waals surface area contributed by atoms with Crippen molar-refractivity contribution in [3.63, 3.8) is 0 Å². The van der Waals surface area contributed by atoms with Gasteiger partial charge in [-0.15, -0.1) is 0 Å². The molecule has 0 spiro atoms. The molecular formula is C29H46O9Si. The molecule has 1 aromatic rings. The summed E-state index contributed by atoms with van der Waals surface area (Å²) < 4.78 is 40.4. The van der Waals surface area contributed by atoms with E-state index in [1.165, 1.54) is 0 Å². The Bertz CT molecular complexity index is 886. The van der Waals surface area contributed by atoms with Gasteiger partial charge in [0.05, 0.1) is 19.3 Å². The Morgan fingerprint density at radius 2 is 1.44 bits per heavy atom. The molecule has 10 heteroatoms. The lowest BCUT2D eigenvalue weighted by Gasteiger charge is -2.42. The van der Waals surface area contributed by atoms with Gasteiger partial charge in [-0.3, -0.25) is 0 Å². The standard InChI is InChI=1S/C29H46O9Si/c1-29(2,3)39(4,5)38-24-14-10-16-35-26(24)19-33-21-28(31)37-23-13-9-15-34-25(23)18-32-20-27(30)36-17-22-11-7-6-8-12-22/h6-8,11-12,23-26H,9-10,13-21H2,1-5H3/t23-,24-,25-,26-/m1/s1. The fourth-order valence-electron chi connectivity index (χ4n) is 4.26. The van der Waals surface area contributed by atoms with Gasteiger partial charge in [-0.2, -0.15) is 0 Å². The molecule has 0 amide bonds. The highest BCUT2D eigenvalue weighted by molar-refractivity contribution is 6.74. The van der Waals surface area contributed by atoms with Crippen molar-refractivity contribution in [2.45, 2.75) is 95.6 Å². The molecule has 0 saturated carbocycles. The van der Waals surface area contributed by atoms with Gasteiger partial charge in [0.15, 0.2) is 8.32 Å². The van der Waals surface area contributed by atoms with E-state index in [4.69, 9.17) is 32.8 Å². The van der Waals surface area contributed by atoms with Gasteiger partial charge in [-0.05, 0) is 49.4 Å². The second kappa shape index (κ2) is 15.3. The quantitative estimate of drug-likeness (QED) is 0.254. The molecule has 2 aliphatic rings. The van der Waals surface area contributed by atoms with Crippen LogP contribution in [0.1, 0.15) is 52.0 Å². The summed E-state index contributed by atoms with van der Waals surface area (Å²) in [5, 5.41) is 0.102. The Labute approximate surface area is 233 Å². The number of esters is 2. The summed E-state index contributed by atoms with van der Waals surface area (Å²) in [6.45, 7) is 12.5. The average molecular weight is 567 g/mol. The normalized spacial score (nSPS) is 24.2. The molecule has 0 unspecified atom stereocenters. The first-order valence-corrected chi connectivity index (χ1v) is 16.9. The zero-order valence-corrected chi connectivity index (χ0v) is 25.1. The molecule has 39 heavy (non-hydrogen) atoms. The molecule has 3 rings (SSSR count). The van der Waals surface area contributed by atoms with E-state index < -0.39 is 32.5 Å². The maximum absolute atomic E-state index is 12.6. The smallest absolute Gasteiger partial charge is 0.332 e. The molecule has 0 aliphatic carbocycles. The Balaban J connectivity index is 1.37. The molecule has 1 aromatic carbocycles. The summed E-state index contributed by atoms with van der Waals surface area (Å²) >= 11 is 0. The second-order valence-electron chi connectivity index (χ2n) is 11.7. The van der Waals surface area contributed by atoms with E-state index in [-0.39, 0.29) is 50.3 Å². The molecule has 2 aliphatic heterocycles. The van der Waals surface area contributed by atoms with Gasteiger partial charge in [0.25, 0.3) is 0 Å². The molecule has 0 radical (unpaired) electrons. The van der Waals surface area contributed by atoms with E-state index >= 15 is 0 Å². The topological polar surface area (TPSA) is 98.8 Å². The Kier molecular flexibility index (Phi) is 12.4. The van der Waals surface area contributed by atoms with E-state index in [2.05, 4.69) is 33.9 Å². The van der Waals surface area contributed by atoms with Crippen molar-refractivity contribution in [1.82, 2.24) is 0 Å². The number of carbonyl (C=O) groups is 2. The van der Waals surface area contributed by atoms with Crippen LogP contribution in [-0.2, 0) is 49.0 Å². The third-order valence-electron chi connectivity index (χ3n) is 7.54. The minimum absolute atomic E-state index is 0.0386. The first kappa shape index (κ1) is 31.7. The highest BCUT2D eigenvalue weighted by atomic mass is 28.4. The highest BCUT2D eigenvalue weighted by Gasteiger charge is 2.41. The van der Waals surface area contributed by atoms with Gasteiger partial charge in [-0.25, -0.2) is 9.59 Å². The van der Waals surface area contributed by atoms with E-state index in [0.29, 0.717) is 19.6 Å². The van der Waals surface area contributed by atoms with E-state index in [9.17, 15) is 9.59 Å². The SMILES string of the molecule is CC(C)(C)[Si](C)(C)O[C@@H]1CCCO[C@@H]1COCC(=O)O[C@@H]1CCCO[C@@H]1COCC(=O)OCc1ccccc1. The fraction of sp³-hybridized carbons (Fsp3) is 0.724. The van der Waals surface area contributed by atoms with Gasteiger partial charge in [0.2, 0.25) is 0 Å². The Morgan fingerprint density at radius 1 is 0.872 bits per heavy atom. The average Bonchev–Trinajstić information content (AvgIpc) is 2.89. The van der Waals surface area contributed by atoms with Crippen LogP contribution in [0.4, 0.5) is 0 Å². The lowest BCUT2D eigenvalue weighted by molar-refractivity contribution is -0.178. The van der Waals surface area contributed by atoms with E-state index in [1.807, 2.05) is 30.3 Å². The van der Waals surface area contributed by atoms with Gasteiger partial charge >= 0.3 is 11.9 Å². The monoisotopic (exact) mass is 566 g/mol. The first-order chi connectivity index (χ1) is 18.5. The van der Waals surface area contributed by atoms with E-state index in [0.717, 1.165) is 24.8 Å². The van der Waals surface area contributed by atoms with Gasteiger partial charge in [0, 0.05) is 13.2 Å². The van der Waals surface area contributed by atoms with E-state index in [1.54, 1.807) is 0 Å². The molecule has 0 bridgehead atoms. The second-order valence-corrected chi connectivity index (χ2v) is 16.5. The van der Waals surface area contributed by atoms with Crippen LogP contribution in [0.25, 0.3) is 0 Å². The Hall–Kier alpha value is -1.82. The van der Waals surface area contributed by atoms with Crippen LogP contribution >= 0.6 is 0 Å². The third-order valence-corrected chi connectivity index (χ3v) is 12.0. The van der Waals surface area contributed by atoms with Crippen molar-refractivity contribution in [1.29, 1.82) is 0 Å². The summed E-state index contributed by atoms with van der Waals surface area (Å²) in [5.74, 6) is -0.923. The minimum atomic E-state index is -1.95. The zero-order valence-electron chi connectivity index (χ0n) is 24.1.